The Kier molecular flexibility index (Phi) is 4.71. The van der Waals surface area contributed by atoms with Crippen LogP contribution in [0, 0.1) is 10.1 Å². The van der Waals surface area contributed by atoms with E-state index >= 15 is 0 Å². The molecule has 17 heavy (non-hydrogen) atoms. The molecule has 0 aliphatic carbocycles. The maximum absolute atomic E-state index is 10.8. The summed E-state index contributed by atoms with van der Waals surface area (Å²) in [7, 11) is 3.29. The van der Waals surface area contributed by atoms with Crippen LogP contribution in [-0.4, -0.2) is 31.7 Å². The quantitative estimate of drug-likeness (QED) is 0.603. The van der Waals surface area contributed by atoms with E-state index in [1.165, 1.54) is 25.3 Å². The van der Waals surface area contributed by atoms with Crippen LogP contribution in [0.2, 0.25) is 0 Å². The molecule has 0 spiro atoms. The molecule has 0 aliphatic heterocycles. The van der Waals surface area contributed by atoms with Gasteiger partial charge in [-0.15, -0.1) is 0 Å². The maximum atomic E-state index is 10.8. The van der Waals surface area contributed by atoms with Crippen molar-refractivity contribution in [3.63, 3.8) is 0 Å². The molecule has 0 saturated heterocycles. The Morgan fingerprint density at radius 3 is 2.76 bits per heavy atom. The van der Waals surface area contributed by atoms with Crippen LogP contribution in [0.25, 0.3) is 0 Å². The zero-order valence-electron chi connectivity index (χ0n) is 10.1. The summed E-state index contributed by atoms with van der Waals surface area (Å²) in [6.07, 6.45) is -0.161. The number of ether oxygens (including phenoxy) is 2. The Hall–Kier alpha value is -1.82. The first-order valence-corrected chi connectivity index (χ1v) is 5.22. The van der Waals surface area contributed by atoms with Gasteiger partial charge < -0.3 is 14.8 Å². The minimum Gasteiger partial charge on any atom is -0.497 e. The summed E-state index contributed by atoms with van der Waals surface area (Å²) < 4.78 is 10.5. The summed E-state index contributed by atoms with van der Waals surface area (Å²) in [5, 5.41) is 13.8. The molecule has 0 saturated carbocycles. The van der Waals surface area contributed by atoms with E-state index in [0.29, 0.717) is 12.3 Å². The van der Waals surface area contributed by atoms with Gasteiger partial charge in [0, 0.05) is 18.7 Å². The first-order chi connectivity index (χ1) is 8.08. The van der Waals surface area contributed by atoms with E-state index in [0.717, 1.165) is 0 Å². The van der Waals surface area contributed by atoms with Crippen LogP contribution >= 0.6 is 0 Å². The molecule has 0 aliphatic rings. The molecule has 0 amide bonds. The lowest BCUT2D eigenvalue weighted by Gasteiger charge is -2.14. The molecular formula is C11H16N2O4. The van der Waals surface area contributed by atoms with E-state index in [9.17, 15) is 10.1 Å². The largest absolute Gasteiger partial charge is 0.497 e. The summed E-state index contributed by atoms with van der Waals surface area (Å²) in [6.45, 7) is 2.44. The van der Waals surface area contributed by atoms with Gasteiger partial charge in [-0.25, -0.2) is 0 Å². The number of nitro groups is 1. The lowest BCUT2D eigenvalue weighted by atomic mass is 10.2. The second-order valence-corrected chi connectivity index (χ2v) is 3.58. The number of likely N-dealkylation sites (N-methyl/N-ethyl adjacent to an activating group) is 1. The second kappa shape index (κ2) is 6.05. The van der Waals surface area contributed by atoms with E-state index < -0.39 is 4.92 Å². The Morgan fingerprint density at radius 2 is 2.24 bits per heavy atom. The maximum Gasteiger partial charge on any atom is 0.311 e. The Bertz CT molecular complexity index is 395. The lowest BCUT2D eigenvalue weighted by Crippen LogP contribution is -2.26. The van der Waals surface area contributed by atoms with Crippen LogP contribution in [0.5, 0.6) is 11.5 Å². The summed E-state index contributed by atoms with van der Waals surface area (Å²) in [6, 6.07) is 4.43. The van der Waals surface area contributed by atoms with Gasteiger partial charge in [0.1, 0.15) is 11.9 Å². The molecule has 94 valence electrons. The second-order valence-electron chi connectivity index (χ2n) is 3.58. The number of hydrogen-bond acceptors (Lipinski definition) is 5. The monoisotopic (exact) mass is 240 g/mol. The number of nitrogens with one attached hydrogen (secondary N) is 1. The summed E-state index contributed by atoms with van der Waals surface area (Å²) in [5.74, 6) is 0.749. The molecule has 0 bridgehead atoms. The number of methoxy groups -OCH3 is 1. The average Bonchev–Trinajstić information content (AvgIpc) is 2.28. The number of benzene rings is 1. The van der Waals surface area contributed by atoms with E-state index in [2.05, 4.69) is 5.32 Å². The number of rotatable bonds is 6. The molecule has 1 unspecified atom stereocenters. The van der Waals surface area contributed by atoms with E-state index in [4.69, 9.17) is 9.47 Å². The molecule has 1 aromatic carbocycles. The zero-order chi connectivity index (χ0) is 12.8. The molecule has 6 heteroatoms. The first kappa shape index (κ1) is 13.2. The molecule has 1 aromatic rings. The minimum absolute atomic E-state index is 0.0613. The molecule has 1 N–H and O–H groups in total. The number of nitrogens with zero attached hydrogens (tertiary/aromatic N) is 1. The van der Waals surface area contributed by atoms with E-state index in [1.54, 1.807) is 7.05 Å². The normalized spacial score (nSPS) is 11.9. The summed E-state index contributed by atoms with van der Waals surface area (Å²) in [5.41, 5.74) is -0.0613. The average molecular weight is 240 g/mol. The van der Waals surface area contributed by atoms with Crippen LogP contribution in [0.15, 0.2) is 18.2 Å². The van der Waals surface area contributed by atoms with Crippen LogP contribution in [0.3, 0.4) is 0 Å². The number of hydrogen-bond donors (Lipinski definition) is 1. The molecule has 1 atom stereocenters. The Morgan fingerprint density at radius 1 is 1.53 bits per heavy atom. The molecular weight excluding hydrogens is 224 g/mol. The van der Waals surface area contributed by atoms with Crippen molar-refractivity contribution in [3.05, 3.63) is 28.3 Å². The van der Waals surface area contributed by atoms with Crippen LogP contribution < -0.4 is 14.8 Å². The summed E-state index contributed by atoms with van der Waals surface area (Å²) >= 11 is 0. The highest BCUT2D eigenvalue weighted by Gasteiger charge is 2.17. The van der Waals surface area contributed by atoms with Gasteiger partial charge in [-0.1, -0.05) is 0 Å². The molecule has 6 nitrogen and oxygen atoms in total. The van der Waals surface area contributed by atoms with Crippen molar-refractivity contribution < 1.29 is 14.4 Å². The molecule has 0 aromatic heterocycles. The van der Waals surface area contributed by atoms with Crippen molar-refractivity contribution in [2.45, 2.75) is 13.0 Å². The van der Waals surface area contributed by atoms with Gasteiger partial charge >= 0.3 is 5.69 Å². The molecule has 0 heterocycles. The Balaban J connectivity index is 2.96. The van der Waals surface area contributed by atoms with Gasteiger partial charge in [-0.05, 0) is 20.0 Å². The predicted octanol–water partition coefficient (Wildman–Crippen LogP) is 1.59. The first-order valence-electron chi connectivity index (χ1n) is 5.22. The van der Waals surface area contributed by atoms with Gasteiger partial charge in [-0.3, -0.25) is 10.1 Å². The van der Waals surface area contributed by atoms with E-state index in [-0.39, 0.29) is 17.5 Å². The standard InChI is InChI=1S/C11H16N2O4/c1-8(7-12-2)17-11-6-9(16-3)4-5-10(11)13(14)15/h4-6,8,12H,7H2,1-3H3. The van der Waals surface area contributed by atoms with Crippen molar-refractivity contribution >= 4 is 5.69 Å². The number of nitro benzene ring substituents is 1. The lowest BCUT2D eigenvalue weighted by molar-refractivity contribution is -0.386. The summed E-state index contributed by atoms with van der Waals surface area (Å²) in [4.78, 5) is 10.4. The predicted molar refractivity (Wildman–Crippen MR) is 63.7 cm³/mol. The van der Waals surface area contributed by atoms with Crippen LogP contribution in [-0.2, 0) is 0 Å². The van der Waals surface area contributed by atoms with Crippen molar-refractivity contribution in [1.29, 1.82) is 0 Å². The van der Waals surface area contributed by atoms with Gasteiger partial charge in [-0.2, -0.15) is 0 Å². The fourth-order valence-electron chi connectivity index (χ4n) is 1.41. The smallest absolute Gasteiger partial charge is 0.311 e. The third-order valence-corrected chi connectivity index (χ3v) is 2.18. The van der Waals surface area contributed by atoms with Crippen molar-refractivity contribution in [1.82, 2.24) is 5.32 Å². The molecule has 1 rings (SSSR count). The SMILES string of the molecule is CNCC(C)Oc1cc(OC)ccc1[N+](=O)[O-]. The zero-order valence-corrected chi connectivity index (χ0v) is 10.1. The third-order valence-electron chi connectivity index (χ3n) is 2.18. The van der Waals surface area contributed by atoms with E-state index in [1.807, 2.05) is 6.92 Å². The minimum atomic E-state index is -0.471. The van der Waals surface area contributed by atoms with Gasteiger partial charge in [0.25, 0.3) is 0 Å². The Labute approximate surface area is 99.7 Å². The van der Waals surface area contributed by atoms with Gasteiger partial charge in [0.15, 0.2) is 0 Å². The highest BCUT2D eigenvalue weighted by Crippen LogP contribution is 2.31. The fourth-order valence-corrected chi connectivity index (χ4v) is 1.41. The fraction of sp³-hybridized carbons (Fsp3) is 0.455. The third kappa shape index (κ3) is 3.60. The van der Waals surface area contributed by atoms with Crippen molar-refractivity contribution in [2.24, 2.45) is 0 Å². The highest BCUT2D eigenvalue weighted by atomic mass is 16.6. The van der Waals surface area contributed by atoms with Crippen LogP contribution in [0.4, 0.5) is 5.69 Å². The molecule has 0 radical (unpaired) electrons. The van der Waals surface area contributed by atoms with Gasteiger partial charge in [0.2, 0.25) is 5.75 Å². The highest BCUT2D eigenvalue weighted by molar-refractivity contribution is 5.50. The molecule has 0 fully saturated rings. The van der Waals surface area contributed by atoms with Crippen molar-refractivity contribution in [2.75, 3.05) is 20.7 Å². The topological polar surface area (TPSA) is 73.6 Å². The van der Waals surface area contributed by atoms with Crippen molar-refractivity contribution in [3.8, 4) is 11.5 Å². The van der Waals surface area contributed by atoms with Crippen LogP contribution in [0.1, 0.15) is 6.92 Å². The van der Waals surface area contributed by atoms with Gasteiger partial charge in [0.05, 0.1) is 12.0 Å².